The summed E-state index contributed by atoms with van der Waals surface area (Å²) in [5, 5.41) is 3.28. The average molecular weight is 380 g/mol. The number of amides is 1. The van der Waals surface area contributed by atoms with Gasteiger partial charge in [-0.25, -0.2) is 4.98 Å². The van der Waals surface area contributed by atoms with Crippen molar-refractivity contribution < 1.29 is 4.79 Å². The number of aromatic nitrogens is 2. The van der Waals surface area contributed by atoms with Crippen LogP contribution in [0.2, 0.25) is 0 Å². The molecule has 2 heterocycles. The first kappa shape index (κ1) is 18.4. The first-order chi connectivity index (χ1) is 14.3. The van der Waals surface area contributed by atoms with Gasteiger partial charge in [0, 0.05) is 36.5 Å². The van der Waals surface area contributed by atoms with E-state index in [4.69, 9.17) is 0 Å². The molecule has 0 unspecified atom stereocenters. The Morgan fingerprint density at radius 3 is 2.00 bits per heavy atom. The molecule has 1 N–H and O–H groups in total. The molecule has 5 nitrogen and oxygen atoms in total. The molecule has 0 atom stereocenters. The molecule has 142 valence electrons. The zero-order chi connectivity index (χ0) is 19.9. The van der Waals surface area contributed by atoms with E-state index in [0.717, 1.165) is 16.9 Å². The summed E-state index contributed by atoms with van der Waals surface area (Å²) in [4.78, 5) is 23.8. The molecular formula is C24H20N4O. The number of benzene rings is 2. The topological polar surface area (TPSA) is 58.1 Å². The average Bonchev–Trinajstić information content (AvgIpc) is 2.80. The number of nitrogens with one attached hydrogen (secondary N) is 1. The summed E-state index contributed by atoms with van der Waals surface area (Å²) in [7, 11) is 0. The van der Waals surface area contributed by atoms with E-state index in [1.807, 2.05) is 72.8 Å². The Hall–Kier alpha value is -3.99. The SMILES string of the molecule is O=C(c1cccnc1NCc1ccncc1)N(c1ccccc1)c1ccccc1. The molecule has 4 aromatic rings. The summed E-state index contributed by atoms with van der Waals surface area (Å²) in [5.41, 5.74) is 3.17. The molecular weight excluding hydrogens is 360 g/mol. The summed E-state index contributed by atoms with van der Waals surface area (Å²) >= 11 is 0. The van der Waals surface area contributed by atoms with E-state index < -0.39 is 0 Å². The fourth-order valence-electron chi connectivity index (χ4n) is 3.06. The van der Waals surface area contributed by atoms with Gasteiger partial charge in [0.2, 0.25) is 0 Å². The third-order valence-electron chi connectivity index (χ3n) is 4.48. The van der Waals surface area contributed by atoms with E-state index in [9.17, 15) is 4.79 Å². The highest BCUT2D eigenvalue weighted by molar-refractivity contribution is 6.13. The van der Waals surface area contributed by atoms with Crippen LogP contribution in [0, 0.1) is 0 Å². The van der Waals surface area contributed by atoms with Gasteiger partial charge in [0.15, 0.2) is 0 Å². The van der Waals surface area contributed by atoms with Crippen molar-refractivity contribution in [1.29, 1.82) is 0 Å². The summed E-state index contributed by atoms with van der Waals surface area (Å²) in [6, 6.07) is 26.7. The Morgan fingerprint density at radius 2 is 1.38 bits per heavy atom. The lowest BCUT2D eigenvalue weighted by atomic mass is 10.1. The molecule has 0 saturated carbocycles. The molecule has 0 saturated heterocycles. The minimum absolute atomic E-state index is 0.146. The third-order valence-corrected chi connectivity index (χ3v) is 4.48. The van der Waals surface area contributed by atoms with Crippen LogP contribution < -0.4 is 10.2 Å². The largest absolute Gasteiger partial charge is 0.365 e. The Labute approximate surface area is 169 Å². The van der Waals surface area contributed by atoms with Gasteiger partial charge in [-0.1, -0.05) is 36.4 Å². The molecule has 0 bridgehead atoms. The van der Waals surface area contributed by atoms with Gasteiger partial charge in [0.1, 0.15) is 5.82 Å². The van der Waals surface area contributed by atoms with E-state index in [0.29, 0.717) is 17.9 Å². The van der Waals surface area contributed by atoms with Crippen LogP contribution in [0.15, 0.2) is 104 Å². The van der Waals surface area contributed by atoms with Crippen molar-refractivity contribution in [3.8, 4) is 0 Å². The van der Waals surface area contributed by atoms with Crippen LogP contribution in [0.4, 0.5) is 17.2 Å². The highest BCUT2D eigenvalue weighted by Gasteiger charge is 2.22. The maximum Gasteiger partial charge on any atom is 0.266 e. The second-order valence-corrected chi connectivity index (χ2v) is 6.42. The van der Waals surface area contributed by atoms with Crippen LogP contribution in [0.1, 0.15) is 15.9 Å². The number of nitrogens with zero attached hydrogens (tertiary/aromatic N) is 3. The molecule has 2 aromatic heterocycles. The fraction of sp³-hybridized carbons (Fsp3) is 0.0417. The normalized spacial score (nSPS) is 10.3. The molecule has 0 fully saturated rings. The van der Waals surface area contributed by atoms with Crippen molar-refractivity contribution in [1.82, 2.24) is 9.97 Å². The molecule has 0 spiro atoms. The highest BCUT2D eigenvalue weighted by Crippen LogP contribution is 2.28. The molecule has 0 aliphatic rings. The van der Waals surface area contributed by atoms with Crippen molar-refractivity contribution in [2.75, 3.05) is 10.2 Å². The van der Waals surface area contributed by atoms with Crippen LogP contribution in [0.25, 0.3) is 0 Å². The Kier molecular flexibility index (Phi) is 5.58. The minimum Gasteiger partial charge on any atom is -0.365 e. The zero-order valence-electron chi connectivity index (χ0n) is 15.8. The van der Waals surface area contributed by atoms with Gasteiger partial charge in [0.25, 0.3) is 5.91 Å². The molecule has 1 amide bonds. The van der Waals surface area contributed by atoms with Gasteiger partial charge in [-0.3, -0.25) is 14.7 Å². The number of pyridine rings is 2. The highest BCUT2D eigenvalue weighted by atomic mass is 16.2. The quantitative estimate of drug-likeness (QED) is 0.507. The second kappa shape index (κ2) is 8.80. The maximum atomic E-state index is 13.6. The lowest BCUT2D eigenvalue weighted by Gasteiger charge is -2.24. The summed E-state index contributed by atoms with van der Waals surface area (Å²) in [6.45, 7) is 0.552. The standard InChI is InChI=1S/C24H20N4O/c29-24(28(20-8-3-1-4-9-20)21-10-5-2-6-11-21)22-12-7-15-26-23(22)27-18-19-13-16-25-17-14-19/h1-17H,18H2,(H,26,27). The van der Waals surface area contributed by atoms with Gasteiger partial charge in [-0.05, 0) is 54.1 Å². The number of rotatable bonds is 6. The van der Waals surface area contributed by atoms with Crippen molar-refractivity contribution in [3.05, 3.63) is 115 Å². The number of hydrogen-bond acceptors (Lipinski definition) is 4. The number of para-hydroxylation sites is 2. The molecule has 5 heteroatoms. The van der Waals surface area contributed by atoms with Gasteiger partial charge in [0.05, 0.1) is 5.56 Å². The Balaban J connectivity index is 1.68. The van der Waals surface area contributed by atoms with Crippen LogP contribution >= 0.6 is 0 Å². The van der Waals surface area contributed by atoms with Crippen molar-refractivity contribution in [2.45, 2.75) is 6.54 Å². The Morgan fingerprint density at radius 1 is 0.759 bits per heavy atom. The van der Waals surface area contributed by atoms with Crippen molar-refractivity contribution in [2.24, 2.45) is 0 Å². The Bertz CT molecular complexity index is 1030. The summed E-state index contributed by atoms with van der Waals surface area (Å²) in [6.07, 6.45) is 5.17. The van der Waals surface area contributed by atoms with E-state index in [2.05, 4.69) is 15.3 Å². The van der Waals surface area contributed by atoms with E-state index in [1.165, 1.54) is 0 Å². The maximum absolute atomic E-state index is 13.6. The van der Waals surface area contributed by atoms with E-state index in [-0.39, 0.29) is 5.91 Å². The monoisotopic (exact) mass is 380 g/mol. The molecule has 0 aliphatic heterocycles. The predicted octanol–water partition coefficient (Wildman–Crippen LogP) is 5.07. The molecule has 2 aromatic carbocycles. The van der Waals surface area contributed by atoms with Crippen LogP contribution in [0.5, 0.6) is 0 Å². The minimum atomic E-state index is -0.146. The van der Waals surface area contributed by atoms with Crippen molar-refractivity contribution >= 4 is 23.1 Å². The van der Waals surface area contributed by atoms with Gasteiger partial charge in [-0.15, -0.1) is 0 Å². The van der Waals surface area contributed by atoms with Gasteiger partial charge in [-0.2, -0.15) is 0 Å². The van der Waals surface area contributed by atoms with E-state index >= 15 is 0 Å². The van der Waals surface area contributed by atoms with E-state index in [1.54, 1.807) is 35.6 Å². The predicted molar refractivity (Wildman–Crippen MR) is 115 cm³/mol. The number of carbonyl (C=O) groups is 1. The van der Waals surface area contributed by atoms with Crippen LogP contribution in [-0.4, -0.2) is 15.9 Å². The molecule has 4 rings (SSSR count). The smallest absolute Gasteiger partial charge is 0.266 e. The number of hydrogen-bond donors (Lipinski definition) is 1. The van der Waals surface area contributed by atoms with Crippen LogP contribution in [-0.2, 0) is 6.54 Å². The van der Waals surface area contributed by atoms with Gasteiger partial charge < -0.3 is 5.32 Å². The fourth-order valence-corrected chi connectivity index (χ4v) is 3.06. The number of carbonyl (C=O) groups excluding carboxylic acids is 1. The molecule has 29 heavy (non-hydrogen) atoms. The molecule has 0 radical (unpaired) electrons. The third kappa shape index (κ3) is 4.30. The summed E-state index contributed by atoms with van der Waals surface area (Å²) in [5.74, 6) is 0.402. The zero-order valence-corrected chi connectivity index (χ0v) is 15.8. The van der Waals surface area contributed by atoms with Crippen molar-refractivity contribution in [3.63, 3.8) is 0 Å². The van der Waals surface area contributed by atoms with Gasteiger partial charge >= 0.3 is 0 Å². The second-order valence-electron chi connectivity index (χ2n) is 6.42. The van der Waals surface area contributed by atoms with Crippen LogP contribution in [0.3, 0.4) is 0 Å². The summed E-state index contributed by atoms with van der Waals surface area (Å²) < 4.78 is 0. The first-order valence-electron chi connectivity index (χ1n) is 9.35. The lowest BCUT2D eigenvalue weighted by molar-refractivity contribution is 0.0999. The lowest BCUT2D eigenvalue weighted by Crippen LogP contribution is -2.27. The first-order valence-corrected chi connectivity index (χ1v) is 9.35. The molecule has 0 aliphatic carbocycles. The number of anilines is 3.